The van der Waals surface area contributed by atoms with Gasteiger partial charge in [0.25, 0.3) is 5.91 Å². The second kappa shape index (κ2) is 8.64. The lowest BCUT2D eigenvalue weighted by Crippen LogP contribution is -2.13. The molecule has 0 spiro atoms. The van der Waals surface area contributed by atoms with Crippen LogP contribution in [0, 0.1) is 0 Å². The standard InChI is InChI=1S/C19H19NO4/c21-12-4-6-14-5-3-8-16(13-14)19(24)20-17-9-2-1-7-15(17)10-11-18(22)23/h1-3,5,7-11,13,21H,4,6,12H2,(H,20,24)(H,22,23)/b11-10+. The van der Waals surface area contributed by atoms with Crippen LogP contribution < -0.4 is 5.32 Å². The van der Waals surface area contributed by atoms with Crippen LogP contribution in [0.15, 0.2) is 54.6 Å². The van der Waals surface area contributed by atoms with Crippen molar-refractivity contribution < 1.29 is 19.8 Å². The second-order valence-corrected chi connectivity index (χ2v) is 5.24. The minimum absolute atomic E-state index is 0.111. The van der Waals surface area contributed by atoms with Gasteiger partial charge in [-0.25, -0.2) is 4.79 Å². The summed E-state index contributed by atoms with van der Waals surface area (Å²) in [5, 5.41) is 20.4. The number of anilines is 1. The van der Waals surface area contributed by atoms with E-state index in [-0.39, 0.29) is 12.5 Å². The first-order valence-electron chi connectivity index (χ1n) is 7.61. The molecule has 1 amide bonds. The topological polar surface area (TPSA) is 86.6 Å². The number of rotatable bonds is 7. The van der Waals surface area contributed by atoms with Crippen LogP contribution in [0.3, 0.4) is 0 Å². The summed E-state index contributed by atoms with van der Waals surface area (Å²) in [7, 11) is 0. The summed E-state index contributed by atoms with van der Waals surface area (Å²) in [6.07, 6.45) is 3.82. The van der Waals surface area contributed by atoms with E-state index < -0.39 is 5.97 Å². The third kappa shape index (κ3) is 5.07. The van der Waals surface area contributed by atoms with Crippen LogP contribution in [0.2, 0.25) is 0 Å². The lowest BCUT2D eigenvalue weighted by atomic mass is 10.1. The van der Waals surface area contributed by atoms with E-state index in [0.717, 1.165) is 11.6 Å². The maximum atomic E-state index is 12.4. The van der Waals surface area contributed by atoms with Crippen molar-refractivity contribution >= 4 is 23.6 Å². The zero-order valence-electron chi connectivity index (χ0n) is 13.1. The second-order valence-electron chi connectivity index (χ2n) is 5.24. The van der Waals surface area contributed by atoms with Crippen molar-refractivity contribution in [1.29, 1.82) is 0 Å². The molecule has 0 unspecified atom stereocenters. The fourth-order valence-corrected chi connectivity index (χ4v) is 2.26. The maximum Gasteiger partial charge on any atom is 0.328 e. The Labute approximate surface area is 140 Å². The minimum atomic E-state index is -1.05. The van der Waals surface area contributed by atoms with Crippen molar-refractivity contribution in [3.8, 4) is 0 Å². The predicted octanol–water partition coefficient (Wildman–Crippen LogP) is 2.96. The predicted molar refractivity (Wildman–Crippen MR) is 92.9 cm³/mol. The SMILES string of the molecule is O=C(O)/C=C/c1ccccc1NC(=O)c1cccc(CCCO)c1. The highest BCUT2D eigenvalue weighted by Gasteiger charge is 2.09. The number of para-hydroxylation sites is 1. The number of carboxylic acids is 1. The molecule has 0 saturated carbocycles. The highest BCUT2D eigenvalue weighted by atomic mass is 16.4. The first kappa shape index (κ1) is 17.4. The molecule has 5 heteroatoms. The highest BCUT2D eigenvalue weighted by Crippen LogP contribution is 2.18. The van der Waals surface area contributed by atoms with E-state index >= 15 is 0 Å². The Bertz CT molecular complexity index is 753. The summed E-state index contributed by atoms with van der Waals surface area (Å²) in [6.45, 7) is 0.111. The zero-order chi connectivity index (χ0) is 17.4. The van der Waals surface area contributed by atoms with E-state index in [9.17, 15) is 9.59 Å². The molecule has 24 heavy (non-hydrogen) atoms. The van der Waals surface area contributed by atoms with Crippen LogP contribution in [0.25, 0.3) is 6.08 Å². The zero-order valence-corrected chi connectivity index (χ0v) is 13.1. The number of carbonyl (C=O) groups excluding carboxylic acids is 1. The first-order chi connectivity index (χ1) is 11.6. The van der Waals surface area contributed by atoms with Gasteiger partial charge in [0.15, 0.2) is 0 Å². The summed E-state index contributed by atoms with van der Waals surface area (Å²) in [5.41, 5.74) is 2.66. The number of nitrogens with one attached hydrogen (secondary N) is 1. The molecule has 0 aliphatic rings. The van der Waals surface area contributed by atoms with Gasteiger partial charge in [0.05, 0.1) is 0 Å². The molecule has 0 radical (unpaired) electrons. The summed E-state index contributed by atoms with van der Waals surface area (Å²) in [6, 6.07) is 14.2. The van der Waals surface area contributed by atoms with Gasteiger partial charge in [-0.3, -0.25) is 4.79 Å². The summed E-state index contributed by atoms with van der Waals surface area (Å²) in [5.74, 6) is -1.32. The van der Waals surface area contributed by atoms with Crippen molar-refractivity contribution in [1.82, 2.24) is 0 Å². The lowest BCUT2D eigenvalue weighted by molar-refractivity contribution is -0.131. The van der Waals surface area contributed by atoms with Crippen molar-refractivity contribution in [2.45, 2.75) is 12.8 Å². The molecule has 3 N–H and O–H groups in total. The molecule has 0 bridgehead atoms. The van der Waals surface area contributed by atoms with Crippen LogP contribution in [0.1, 0.15) is 27.9 Å². The van der Waals surface area contributed by atoms with E-state index in [1.165, 1.54) is 6.08 Å². The fraction of sp³-hybridized carbons (Fsp3) is 0.158. The van der Waals surface area contributed by atoms with E-state index in [4.69, 9.17) is 10.2 Å². The third-order valence-corrected chi connectivity index (χ3v) is 3.43. The van der Waals surface area contributed by atoms with Crippen LogP contribution in [0.4, 0.5) is 5.69 Å². The average molecular weight is 325 g/mol. The molecule has 0 fully saturated rings. The number of carbonyl (C=O) groups is 2. The molecular formula is C19H19NO4. The van der Waals surface area contributed by atoms with E-state index in [1.54, 1.807) is 42.5 Å². The van der Waals surface area contributed by atoms with Gasteiger partial charge < -0.3 is 15.5 Å². The van der Waals surface area contributed by atoms with E-state index in [0.29, 0.717) is 29.7 Å². The normalized spacial score (nSPS) is 10.7. The van der Waals surface area contributed by atoms with Gasteiger partial charge in [-0.15, -0.1) is 0 Å². The highest BCUT2D eigenvalue weighted by molar-refractivity contribution is 6.05. The van der Waals surface area contributed by atoms with Gasteiger partial charge in [0, 0.05) is 23.9 Å². The number of amides is 1. The molecule has 2 aromatic rings. The van der Waals surface area contributed by atoms with Crippen molar-refractivity contribution in [3.05, 3.63) is 71.3 Å². The molecule has 2 aromatic carbocycles. The van der Waals surface area contributed by atoms with Gasteiger partial charge in [-0.05, 0) is 48.2 Å². The smallest absolute Gasteiger partial charge is 0.328 e. The Morgan fingerprint density at radius 2 is 1.88 bits per heavy atom. The molecule has 0 aromatic heterocycles. The number of aliphatic hydroxyl groups excluding tert-OH is 1. The number of benzene rings is 2. The molecule has 0 aliphatic carbocycles. The Balaban J connectivity index is 2.17. The number of aliphatic hydroxyl groups is 1. The quantitative estimate of drug-likeness (QED) is 0.683. The number of aliphatic carboxylic acids is 1. The third-order valence-electron chi connectivity index (χ3n) is 3.43. The van der Waals surface area contributed by atoms with Gasteiger partial charge in [-0.1, -0.05) is 30.3 Å². The molecule has 124 valence electrons. The average Bonchev–Trinajstić information content (AvgIpc) is 2.59. The molecule has 0 atom stereocenters. The van der Waals surface area contributed by atoms with E-state index in [2.05, 4.69) is 5.32 Å². The Morgan fingerprint density at radius 3 is 2.62 bits per heavy atom. The summed E-state index contributed by atoms with van der Waals surface area (Å²) >= 11 is 0. The number of hydrogen-bond acceptors (Lipinski definition) is 3. The largest absolute Gasteiger partial charge is 0.478 e. The maximum absolute atomic E-state index is 12.4. The minimum Gasteiger partial charge on any atom is -0.478 e. The van der Waals surface area contributed by atoms with Crippen molar-refractivity contribution in [2.75, 3.05) is 11.9 Å². The van der Waals surface area contributed by atoms with E-state index in [1.807, 2.05) is 6.07 Å². The van der Waals surface area contributed by atoms with Crippen LogP contribution >= 0.6 is 0 Å². The van der Waals surface area contributed by atoms with Crippen LogP contribution in [-0.2, 0) is 11.2 Å². The molecule has 0 saturated heterocycles. The Hall–Kier alpha value is -2.92. The lowest BCUT2D eigenvalue weighted by Gasteiger charge is -2.09. The Kier molecular flexibility index (Phi) is 6.28. The summed E-state index contributed by atoms with van der Waals surface area (Å²) in [4.78, 5) is 23.1. The summed E-state index contributed by atoms with van der Waals surface area (Å²) < 4.78 is 0. The molecule has 0 aliphatic heterocycles. The first-order valence-corrected chi connectivity index (χ1v) is 7.61. The van der Waals surface area contributed by atoms with Crippen molar-refractivity contribution in [2.24, 2.45) is 0 Å². The Morgan fingerprint density at radius 1 is 1.08 bits per heavy atom. The monoisotopic (exact) mass is 325 g/mol. The molecular weight excluding hydrogens is 306 g/mol. The molecule has 2 rings (SSSR count). The number of hydrogen-bond donors (Lipinski definition) is 3. The fourth-order valence-electron chi connectivity index (χ4n) is 2.26. The van der Waals surface area contributed by atoms with Crippen LogP contribution in [-0.4, -0.2) is 28.7 Å². The van der Waals surface area contributed by atoms with Crippen LogP contribution in [0.5, 0.6) is 0 Å². The number of carboxylic acid groups (broad SMARTS) is 1. The van der Waals surface area contributed by atoms with Gasteiger partial charge in [0.2, 0.25) is 0 Å². The molecule has 0 heterocycles. The molecule has 5 nitrogen and oxygen atoms in total. The van der Waals surface area contributed by atoms with Gasteiger partial charge in [0.1, 0.15) is 0 Å². The van der Waals surface area contributed by atoms with Gasteiger partial charge in [-0.2, -0.15) is 0 Å². The van der Waals surface area contributed by atoms with Gasteiger partial charge >= 0.3 is 5.97 Å². The van der Waals surface area contributed by atoms with Crippen molar-refractivity contribution in [3.63, 3.8) is 0 Å². The number of aryl methyl sites for hydroxylation is 1.